The average Bonchev–Trinajstić information content (AvgIpc) is 3.37. The second-order valence-electron chi connectivity index (χ2n) is 9.93. The Balaban J connectivity index is 1.60. The van der Waals surface area contributed by atoms with E-state index in [4.69, 9.17) is 17.3 Å². The maximum absolute atomic E-state index is 14.9. The topological polar surface area (TPSA) is 98.4 Å². The van der Waals surface area contributed by atoms with Crippen LogP contribution in [0, 0.1) is 5.82 Å². The van der Waals surface area contributed by atoms with Crippen LogP contribution in [0.5, 0.6) is 5.75 Å². The molecule has 2 aromatic carbocycles. The van der Waals surface area contributed by atoms with Crippen molar-refractivity contribution in [2.75, 3.05) is 18.0 Å². The van der Waals surface area contributed by atoms with Crippen molar-refractivity contribution in [2.24, 2.45) is 19.8 Å². The normalized spacial score (nSPS) is 17.5. The van der Waals surface area contributed by atoms with Crippen molar-refractivity contribution in [1.82, 2.24) is 13.7 Å². The molecule has 0 aliphatic carbocycles. The standard InChI is InChI=1S/C27H27ClFN5O3/c1-27(30)6-7-33(15-27)23-11-17(14-32(3)25(23)36)20-13-18(29)12-19(24(20)35)16-4-5-22(21(28)10-16)34-9-8-31(2)26(34)37/h4-5,8-14,35H,6-7,15,30H2,1-3H3. The number of phenols is 1. The molecule has 0 radical (unpaired) electrons. The van der Waals surface area contributed by atoms with E-state index in [1.165, 1.54) is 25.8 Å². The van der Waals surface area contributed by atoms with Gasteiger partial charge in [-0.1, -0.05) is 17.7 Å². The molecule has 1 aliphatic rings. The number of pyridine rings is 1. The largest absolute Gasteiger partial charge is 0.507 e. The summed E-state index contributed by atoms with van der Waals surface area (Å²) < 4.78 is 19.1. The highest BCUT2D eigenvalue weighted by molar-refractivity contribution is 6.32. The van der Waals surface area contributed by atoms with Crippen LogP contribution in [-0.2, 0) is 14.1 Å². The first kappa shape index (κ1) is 24.9. The summed E-state index contributed by atoms with van der Waals surface area (Å²) >= 11 is 6.50. The highest BCUT2D eigenvalue weighted by atomic mass is 35.5. The number of nitrogens with two attached hydrogens (primary N) is 1. The first-order valence-electron chi connectivity index (χ1n) is 11.8. The molecule has 2 aromatic heterocycles. The molecule has 0 bridgehead atoms. The van der Waals surface area contributed by atoms with Gasteiger partial charge in [-0.3, -0.25) is 9.36 Å². The first-order valence-corrected chi connectivity index (χ1v) is 12.1. The number of aryl methyl sites for hydroxylation is 2. The van der Waals surface area contributed by atoms with Gasteiger partial charge in [-0.2, -0.15) is 0 Å². The molecular weight excluding hydrogens is 497 g/mol. The zero-order chi connectivity index (χ0) is 26.6. The van der Waals surface area contributed by atoms with Crippen molar-refractivity contribution < 1.29 is 9.50 Å². The molecule has 0 amide bonds. The van der Waals surface area contributed by atoms with Crippen molar-refractivity contribution in [3.8, 4) is 33.7 Å². The molecule has 4 aromatic rings. The highest BCUT2D eigenvalue weighted by Gasteiger charge is 2.31. The van der Waals surface area contributed by atoms with Crippen LogP contribution < -0.4 is 21.9 Å². The van der Waals surface area contributed by atoms with E-state index in [0.717, 1.165) is 6.42 Å². The number of phenolic OH excluding ortho intramolecular Hbond substituents is 1. The summed E-state index contributed by atoms with van der Waals surface area (Å²) in [6.45, 7) is 3.08. The van der Waals surface area contributed by atoms with Gasteiger partial charge in [0.25, 0.3) is 5.56 Å². The maximum atomic E-state index is 14.9. The van der Waals surface area contributed by atoms with E-state index in [1.807, 2.05) is 11.8 Å². The fourth-order valence-corrected chi connectivity index (χ4v) is 5.09. The molecule has 1 fully saturated rings. The Morgan fingerprint density at radius 1 is 1.00 bits per heavy atom. The lowest BCUT2D eigenvalue weighted by atomic mass is 9.97. The van der Waals surface area contributed by atoms with Gasteiger partial charge in [-0.15, -0.1) is 0 Å². The fraction of sp³-hybridized carbons (Fsp3) is 0.259. The summed E-state index contributed by atoms with van der Waals surface area (Å²) in [6.07, 6.45) is 5.53. The number of anilines is 1. The van der Waals surface area contributed by atoms with Gasteiger partial charge in [0.1, 0.15) is 17.3 Å². The Bertz CT molecular complexity index is 1650. The number of hydrogen-bond donors (Lipinski definition) is 2. The van der Waals surface area contributed by atoms with E-state index in [9.17, 15) is 19.1 Å². The predicted octanol–water partition coefficient (Wildman–Crippen LogP) is 3.63. The summed E-state index contributed by atoms with van der Waals surface area (Å²) in [5, 5.41) is 11.5. The molecule has 8 nitrogen and oxygen atoms in total. The molecule has 10 heteroatoms. The monoisotopic (exact) mass is 523 g/mol. The van der Waals surface area contributed by atoms with Crippen molar-refractivity contribution in [1.29, 1.82) is 0 Å². The third-order valence-corrected chi connectivity index (χ3v) is 7.16. The molecule has 37 heavy (non-hydrogen) atoms. The second-order valence-corrected chi connectivity index (χ2v) is 10.3. The summed E-state index contributed by atoms with van der Waals surface area (Å²) in [6, 6.07) is 9.01. The minimum Gasteiger partial charge on any atom is -0.507 e. The van der Waals surface area contributed by atoms with Gasteiger partial charge in [0.15, 0.2) is 0 Å². The van der Waals surface area contributed by atoms with Crippen LogP contribution in [0.15, 0.2) is 64.6 Å². The molecule has 1 unspecified atom stereocenters. The Morgan fingerprint density at radius 2 is 1.70 bits per heavy atom. The van der Waals surface area contributed by atoms with E-state index in [2.05, 4.69) is 0 Å². The van der Waals surface area contributed by atoms with Crippen LogP contribution in [0.2, 0.25) is 5.02 Å². The van der Waals surface area contributed by atoms with Gasteiger partial charge in [0, 0.05) is 68.0 Å². The van der Waals surface area contributed by atoms with E-state index in [0.29, 0.717) is 35.6 Å². The van der Waals surface area contributed by atoms with Crippen LogP contribution in [0.4, 0.5) is 10.1 Å². The van der Waals surface area contributed by atoms with Crippen LogP contribution >= 0.6 is 11.6 Å². The van der Waals surface area contributed by atoms with Crippen LogP contribution in [0.3, 0.4) is 0 Å². The average molecular weight is 524 g/mol. The smallest absolute Gasteiger partial charge is 0.332 e. The highest BCUT2D eigenvalue weighted by Crippen LogP contribution is 2.41. The van der Waals surface area contributed by atoms with Crippen molar-refractivity contribution >= 4 is 17.3 Å². The van der Waals surface area contributed by atoms with Gasteiger partial charge in [-0.25, -0.2) is 9.18 Å². The van der Waals surface area contributed by atoms with Crippen molar-refractivity contribution in [2.45, 2.75) is 18.9 Å². The molecule has 1 saturated heterocycles. The van der Waals surface area contributed by atoms with Gasteiger partial charge < -0.3 is 24.9 Å². The van der Waals surface area contributed by atoms with Crippen LogP contribution in [0.25, 0.3) is 27.9 Å². The SMILES string of the molecule is Cn1cc(-c2cc(F)cc(-c3ccc(-n4ccn(C)c4=O)c(Cl)c3)c2O)cc(N2CCC(C)(N)C2)c1=O. The molecule has 1 atom stereocenters. The number of hydrogen-bond acceptors (Lipinski definition) is 5. The van der Waals surface area contributed by atoms with E-state index in [-0.39, 0.29) is 33.1 Å². The quantitative estimate of drug-likeness (QED) is 0.425. The lowest BCUT2D eigenvalue weighted by Crippen LogP contribution is -2.40. The van der Waals surface area contributed by atoms with Gasteiger partial charge in [-0.05, 0) is 49.2 Å². The molecule has 192 valence electrons. The number of imidazole rings is 1. The zero-order valence-corrected chi connectivity index (χ0v) is 21.5. The molecule has 3 heterocycles. The lowest BCUT2D eigenvalue weighted by Gasteiger charge is -2.22. The minimum atomic E-state index is -0.562. The molecule has 0 spiro atoms. The number of aromatic hydroxyl groups is 1. The van der Waals surface area contributed by atoms with E-state index >= 15 is 0 Å². The number of aromatic nitrogens is 3. The number of rotatable bonds is 4. The van der Waals surface area contributed by atoms with Crippen LogP contribution in [0.1, 0.15) is 13.3 Å². The van der Waals surface area contributed by atoms with Crippen LogP contribution in [-0.4, -0.2) is 37.4 Å². The van der Waals surface area contributed by atoms with Gasteiger partial charge >= 0.3 is 5.69 Å². The summed E-state index contributed by atoms with van der Waals surface area (Å²) in [5.41, 5.74) is 7.74. The molecule has 1 aliphatic heterocycles. The Morgan fingerprint density at radius 3 is 2.30 bits per heavy atom. The molecule has 0 saturated carbocycles. The number of benzene rings is 2. The third-order valence-electron chi connectivity index (χ3n) is 6.86. The molecular formula is C27H27ClFN5O3. The van der Waals surface area contributed by atoms with Gasteiger partial charge in [0.05, 0.1) is 10.7 Å². The minimum absolute atomic E-state index is 0.156. The number of nitrogens with zero attached hydrogens (tertiary/aromatic N) is 4. The predicted molar refractivity (Wildman–Crippen MR) is 143 cm³/mol. The fourth-order valence-electron chi connectivity index (χ4n) is 4.81. The first-order chi connectivity index (χ1) is 17.4. The zero-order valence-electron chi connectivity index (χ0n) is 20.7. The third kappa shape index (κ3) is 4.45. The summed E-state index contributed by atoms with van der Waals surface area (Å²) in [5.74, 6) is -0.717. The Labute approximate surface area is 217 Å². The van der Waals surface area contributed by atoms with E-state index in [1.54, 1.807) is 57.0 Å². The van der Waals surface area contributed by atoms with E-state index < -0.39 is 11.4 Å². The van der Waals surface area contributed by atoms with Gasteiger partial charge in [0.2, 0.25) is 0 Å². The summed E-state index contributed by atoms with van der Waals surface area (Å²) in [7, 11) is 3.25. The molecule has 5 rings (SSSR count). The Hall–Kier alpha value is -3.82. The Kier molecular flexibility index (Phi) is 6.00. The summed E-state index contributed by atoms with van der Waals surface area (Å²) in [4.78, 5) is 27.2. The number of halogens is 2. The van der Waals surface area contributed by atoms with Crippen molar-refractivity contribution in [3.63, 3.8) is 0 Å². The molecule has 3 N–H and O–H groups in total. The maximum Gasteiger partial charge on any atom is 0.332 e. The van der Waals surface area contributed by atoms with Crippen molar-refractivity contribution in [3.05, 3.63) is 86.7 Å². The lowest BCUT2D eigenvalue weighted by molar-refractivity contribution is 0.477. The second kappa shape index (κ2) is 8.93.